The smallest absolute Gasteiger partial charge is 0.306 e. The summed E-state index contributed by atoms with van der Waals surface area (Å²) in [5, 5.41) is 12.2. The van der Waals surface area contributed by atoms with Crippen LogP contribution >= 0.6 is 0 Å². The van der Waals surface area contributed by atoms with E-state index in [1.165, 1.54) is 44.9 Å². The van der Waals surface area contributed by atoms with Gasteiger partial charge in [-0.05, 0) is 19.3 Å². The lowest BCUT2D eigenvalue weighted by atomic mass is 9.95. The van der Waals surface area contributed by atoms with Crippen LogP contribution < -0.4 is 5.32 Å². The van der Waals surface area contributed by atoms with Crippen LogP contribution in [-0.2, 0) is 14.3 Å². The van der Waals surface area contributed by atoms with Crippen LogP contribution in [0.4, 0.5) is 0 Å². The molecule has 2 N–H and O–H groups in total. The summed E-state index contributed by atoms with van der Waals surface area (Å²) in [4.78, 5) is 24.4. The number of esters is 1. The summed E-state index contributed by atoms with van der Waals surface area (Å²) in [6.45, 7) is 2.07. The normalized spacial score (nSPS) is 16.1. The number of hydrogen-bond acceptors (Lipinski definition) is 4. The van der Waals surface area contributed by atoms with Crippen molar-refractivity contribution in [2.75, 3.05) is 6.61 Å². The third kappa shape index (κ3) is 12.1. The maximum absolute atomic E-state index is 12.4. The molecule has 0 aromatic rings. The Kier molecular flexibility index (Phi) is 14.1. The first kappa shape index (κ1) is 23.9. The van der Waals surface area contributed by atoms with E-state index in [1.54, 1.807) is 0 Å². The minimum absolute atomic E-state index is 0.159. The van der Waals surface area contributed by atoms with Crippen LogP contribution in [0.15, 0.2) is 0 Å². The lowest BCUT2D eigenvalue weighted by molar-refractivity contribution is -0.157. The van der Waals surface area contributed by atoms with Crippen molar-refractivity contribution in [3.05, 3.63) is 0 Å². The fourth-order valence-electron chi connectivity index (χ4n) is 3.70. The predicted molar refractivity (Wildman–Crippen MR) is 108 cm³/mol. The summed E-state index contributed by atoms with van der Waals surface area (Å²) in [5.74, 6) is -0.577. The fourth-order valence-corrected chi connectivity index (χ4v) is 3.70. The van der Waals surface area contributed by atoms with Crippen LogP contribution in [0.2, 0.25) is 0 Å². The molecule has 1 aliphatic rings. The van der Waals surface area contributed by atoms with E-state index in [4.69, 9.17) is 4.74 Å². The van der Waals surface area contributed by atoms with Crippen molar-refractivity contribution in [2.24, 2.45) is 0 Å². The second kappa shape index (κ2) is 15.9. The predicted octanol–water partition coefficient (Wildman–Crippen LogP) is 4.65. The van der Waals surface area contributed by atoms with Gasteiger partial charge >= 0.3 is 5.97 Å². The van der Waals surface area contributed by atoms with Gasteiger partial charge in [-0.1, -0.05) is 77.6 Å². The molecule has 1 saturated carbocycles. The number of aliphatic hydroxyl groups is 1. The van der Waals surface area contributed by atoms with E-state index < -0.39 is 6.10 Å². The van der Waals surface area contributed by atoms with Crippen LogP contribution in [0.3, 0.4) is 0 Å². The molecule has 1 amide bonds. The monoisotopic (exact) mass is 383 g/mol. The minimum Gasteiger partial charge on any atom is -0.452 e. The summed E-state index contributed by atoms with van der Waals surface area (Å²) in [6.07, 6.45) is 15.9. The molecular formula is C22H41NO4. The molecule has 1 rings (SSSR count). The summed E-state index contributed by atoms with van der Waals surface area (Å²) >= 11 is 0. The first-order chi connectivity index (χ1) is 13.2. The van der Waals surface area contributed by atoms with E-state index in [-0.39, 0.29) is 30.9 Å². The van der Waals surface area contributed by atoms with Gasteiger partial charge in [-0.2, -0.15) is 0 Å². The van der Waals surface area contributed by atoms with Gasteiger partial charge in [0.25, 0.3) is 5.91 Å². The number of ether oxygens (including phenoxy) is 1. The summed E-state index contributed by atoms with van der Waals surface area (Å²) in [6, 6.07) is 0.184. The molecule has 0 saturated heterocycles. The molecule has 1 fully saturated rings. The molecule has 1 aliphatic carbocycles. The second-order valence-electron chi connectivity index (χ2n) is 7.91. The highest BCUT2D eigenvalue weighted by atomic mass is 16.5. The quantitative estimate of drug-likeness (QED) is 0.319. The van der Waals surface area contributed by atoms with Crippen molar-refractivity contribution < 1.29 is 19.4 Å². The lowest BCUT2D eigenvalue weighted by Crippen LogP contribution is -2.44. The summed E-state index contributed by atoms with van der Waals surface area (Å²) < 4.78 is 5.36. The van der Waals surface area contributed by atoms with E-state index >= 15 is 0 Å². The first-order valence-electron chi connectivity index (χ1n) is 11.3. The number of amides is 1. The highest BCUT2D eigenvalue weighted by molar-refractivity contribution is 5.84. The van der Waals surface area contributed by atoms with Crippen molar-refractivity contribution in [3.8, 4) is 0 Å². The van der Waals surface area contributed by atoms with Crippen molar-refractivity contribution >= 4 is 11.9 Å². The third-order valence-electron chi connectivity index (χ3n) is 5.39. The van der Waals surface area contributed by atoms with Gasteiger partial charge in [0.15, 0.2) is 6.10 Å². The van der Waals surface area contributed by atoms with Gasteiger partial charge < -0.3 is 15.2 Å². The Hall–Kier alpha value is -1.10. The minimum atomic E-state index is -0.858. The molecule has 0 radical (unpaired) electrons. The average Bonchev–Trinajstić information content (AvgIpc) is 2.67. The number of carbonyl (C=O) groups is 2. The molecule has 5 nitrogen and oxygen atoms in total. The number of unbranched alkanes of at least 4 members (excludes halogenated alkanes) is 8. The zero-order valence-corrected chi connectivity index (χ0v) is 17.3. The molecule has 1 atom stereocenters. The zero-order chi connectivity index (χ0) is 19.7. The Morgan fingerprint density at radius 2 is 1.56 bits per heavy atom. The highest BCUT2D eigenvalue weighted by Crippen LogP contribution is 2.18. The molecule has 0 aromatic heterocycles. The molecule has 0 bridgehead atoms. The van der Waals surface area contributed by atoms with E-state index in [9.17, 15) is 14.7 Å². The van der Waals surface area contributed by atoms with Crippen LogP contribution in [0.25, 0.3) is 0 Å². The maximum atomic E-state index is 12.4. The molecule has 0 aromatic carbocycles. The van der Waals surface area contributed by atoms with Crippen molar-refractivity contribution in [2.45, 2.75) is 122 Å². The molecular weight excluding hydrogens is 342 g/mol. The Bertz CT molecular complexity index is 394. The summed E-state index contributed by atoms with van der Waals surface area (Å²) in [5.41, 5.74) is 0. The van der Waals surface area contributed by atoms with Gasteiger partial charge in [-0.3, -0.25) is 9.59 Å². The number of carbonyl (C=O) groups excluding carboxylic acids is 2. The molecule has 0 aliphatic heterocycles. The van der Waals surface area contributed by atoms with Gasteiger partial charge in [-0.15, -0.1) is 0 Å². The number of hydrogen-bond donors (Lipinski definition) is 2. The highest BCUT2D eigenvalue weighted by Gasteiger charge is 2.25. The van der Waals surface area contributed by atoms with Crippen LogP contribution in [-0.4, -0.2) is 35.7 Å². The third-order valence-corrected chi connectivity index (χ3v) is 5.39. The van der Waals surface area contributed by atoms with Gasteiger partial charge in [0.05, 0.1) is 0 Å². The topological polar surface area (TPSA) is 75.6 Å². The van der Waals surface area contributed by atoms with Gasteiger partial charge in [0.2, 0.25) is 0 Å². The molecule has 27 heavy (non-hydrogen) atoms. The van der Waals surface area contributed by atoms with E-state index in [1.807, 2.05) is 0 Å². The van der Waals surface area contributed by atoms with Crippen LogP contribution in [0, 0.1) is 0 Å². The van der Waals surface area contributed by atoms with E-state index in [0.29, 0.717) is 6.42 Å². The molecule has 5 heteroatoms. The standard InChI is InChI=1S/C22H41NO4/c1-2-3-4-5-6-7-8-9-13-16-21(25)27-20(17-18-24)22(26)23-19-14-11-10-12-15-19/h19-20,24H,2-18H2,1H3,(H,23,26). The molecule has 0 spiro atoms. The van der Waals surface area contributed by atoms with Crippen LogP contribution in [0.5, 0.6) is 0 Å². The molecule has 158 valence electrons. The average molecular weight is 384 g/mol. The largest absolute Gasteiger partial charge is 0.452 e. The number of rotatable bonds is 15. The Morgan fingerprint density at radius 1 is 0.963 bits per heavy atom. The Labute approximate surface area is 165 Å². The maximum Gasteiger partial charge on any atom is 0.306 e. The van der Waals surface area contributed by atoms with Crippen molar-refractivity contribution in [1.29, 1.82) is 0 Å². The van der Waals surface area contributed by atoms with Crippen molar-refractivity contribution in [3.63, 3.8) is 0 Å². The van der Waals surface area contributed by atoms with Crippen LogP contribution in [0.1, 0.15) is 110 Å². The fraction of sp³-hybridized carbons (Fsp3) is 0.909. The Morgan fingerprint density at radius 3 is 2.15 bits per heavy atom. The second-order valence-corrected chi connectivity index (χ2v) is 7.91. The summed E-state index contributed by atoms with van der Waals surface area (Å²) in [7, 11) is 0. The number of aliphatic hydroxyl groups excluding tert-OH is 1. The Balaban J connectivity index is 2.15. The zero-order valence-electron chi connectivity index (χ0n) is 17.3. The van der Waals surface area contributed by atoms with Gasteiger partial charge in [-0.25, -0.2) is 0 Å². The van der Waals surface area contributed by atoms with E-state index in [0.717, 1.165) is 44.9 Å². The van der Waals surface area contributed by atoms with Crippen molar-refractivity contribution in [1.82, 2.24) is 5.32 Å². The lowest BCUT2D eigenvalue weighted by Gasteiger charge is -2.25. The molecule has 0 heterocycles. The van der Waals surface area contributed by atoms with E-state index in [2.05, 4.69) is 12.2 Å². The van der Waals surface area contributed by atoms with Gasteiger partial charge in [0, 0.05) is 25.5 Å². The SMILES string of the molecule is CCCCCCCCCCCC(=O)OC(CCO)C(=O)NC1CCCCC1. The first-order valence-corrected chi connectivity index (χ1v) is 11.3. The molecule has 1 unspecified atom stereocenters. The number of nitrogens with one attached hydrogen (secondary N) is 1. The van der Waals surface area contributed by atoms with Gasteiger partial charge in [0.1, 0.15) is 0 Å².